The highest BCUT2D eigenvalue weighted by Gasteiger charge is 2.70. The van der Waals surface area contributed by atoms with Gasteiger partial charge in [0, 0.05) is 31.1 Å². The van der Waals surface area contributed by atoms with Crippen molar-refractivity contribution in [1.82, 2.24) is 10.1 Å². The summed E-state index contributed by atoms with van der Waals surface area (Å²) in [6.07, 6.45) is 2.00. The van der Waals surface area contributed by atoms with Crippen molar-refractivity contribution in [3.63, 3.8) is 0 Å². The topological polar surface area (TPSA) is 81.6 Å². The number of hydrogen-bond donors (Lipinski definition) is 1. The molecule has 0 spiro atoms. The summed E-state index contributed by atoms with van der Waals surface area (Å²) in [6, 6.07) is 1.84. The normalized spacial score (nSPS) is 33.0. The second-order valence-corrected chi connectivity index (χ2v) is 7.22. The minimum Gasteiger partial charge on any atom is -0.377 e. The summed E-state index contributed by atoms with van der Waals surface area (Å²) in [5, 5.41) is 3.95. The molecule has 22 heavy (non-hydrogen) atoms. The maximum atomic E-state index is 13.0. The quantitative estimate of drug-likeness (QED) is 0.914. The molecule has 6 heteroatoms. The summed E-state index contributed by atoms with van der Waals surface area (Å²) >= 11 is 0. The van der Waals surface area contributed by atoms with Crippen molar-refractivity contribution < 1.29 is 14.1 Å². The van der Waals surface area contributed by atoms with Gasteiger partial charge in [-0.1, -0.05) is 19.0 Å². The average Bonchev–Trinajstić information content (AvgIpc) is 2.90. The molecule has 3 atom stereocenters. The third-order valence-electron chi connectivity index (χ3n) is 5.46. The van der Waals surface area contributed by atoms with E-state index in [4.69, 9.17) is 15.0 Å². The monoisotopic (exact) mass is 307 g/mol. The highest BCUT2D eigenvalue weighted by molar-refractivity contribution is 5.89. The van der Waals surface area contributed by atoms with Crippen LogP contribution in [0.2, 0.25) is 0 Å². The maximum absolute atomic E-state index is 13.0. The number of carbonyl (C=O) groups is 1. The van der Waals surface area contributed by atoms with E-state index in [1.54, 1.807) is 11.9 Å². The van der Waals surface area contributed by atoms with Crippen LogP contribution in [0.25, 0.3) is 0 Å². The van der Waals surface area contributed by atoms with Gasteiger partial charge < -0.3 is 19.9 Å². The molecule has 122 valence electrons. The summed E-state index contributed by atoms with van der Waals surface area (Å²) in [6.45, 7) is 7.07. The van der Waals surface area contributed by atoms with Gasteiger partial charge >= 0.3 is 0 Å². The fraction of sp³-hybridized carbons (Fsp3) is 0.750. The Morgan fingerprint density at radius 2 is 2.27 bits per heavy atom. The maximum Gasteiger partial charge on any atom is 0.243 e. The van der Waals surface area contributed by atoms with Crippen LogP contribution >= 0.6 is 0 Å². The van der Waals surface area contributed by atoms with Crippen molar-refractivity contribution >= 4 is 5.91 Å². The molecule has 1 aliphatic carbocycles. The van der Waals surface area contributed by atoms with Crippen molar-refractivity contribution in [2.45, 2.75) is 51.8 Å². The van der Waals surface area contributed by atoms with Crippen molar-refractivity contribution in [1.29, 1.82) is 0 Å². The lowest BCUT2D eigenvalue weighted by Crippen LogP contribution is -2.82. The van der Waals surface area contributed by atoms with Crippen LogP contribution in [0.1, 0.15) is 38.1 Å². The summed E-state index contributed by atoms with van der Waals surface area (Å²) < 4.78 is 10.9. The number of amides is 1. The number of nitrogens with zero attached hydrogens (tertiary/aromatic N) is 2. The molecule has 0 bridgehead atoms. The van der Waals surface area contributed by atoms with Crippen LogP contribution in [-0.2, 0) is 16.1 Å². The third kappa shape index (κ3) is 2.01. The van der Waals surface area contributed by atoms with Gasteiger partial charge in [0.15, 0.2) is 0 Å². The first kappa shape index (κ1) is 15.5. The van der Waals surface area contributed by atoms with E-state index in [1.165, 1.54) is 0 Å². The largest absolute Gasteiger partial charge is 0.377 e. The van der Waals surface area contributed by atoms with Crippen LogP contribution in [0.5, 0.6) is 0 Å². The molecule has 6 nitrogen and oxygen atoms in total. The minimum absolute atomic E-state index is 0.0371. The Balaban J connectivity index is 1.78. The first-order valence-electron chi connectivity index (χ1n) is 7.86. The fourth-order valence-electron chi connectivity index (χ4n) is 4.13. The van der Waals surface area contributed by atoms with Crippen molar-refractivity contribution in [3.8, 4) is 0 Å². The van der Waals surface area contributed by atoms with Crippen LogP contribution < -0.4 is 5.73 Å². The molecule has 2 heterocycles. The molecule has 3 unspecified atom stereocenters. The summed E-state index contributed by atoms with van der Waals surface area (Å²) in [7, 11) is 1.77. The molecule has 0 radical (unpaired) electrons. The summed E-state index contributed by atoms with van der Waals surface area (Å²) in [5.74, 6) is 0.804. The van der Waals surface area contributed by atoms with Crippen LogP contribution in [0.4, 0.5) is 0 Å². The van der Waals surface area contributed by atoms with Crippen molar-refractivity contribution in [3.05, 3.63) is 17.5 Å². The fourth-order valence-corrected chi connectivity index (χ4v) is 4.13. The van der Waals surface area contributed by atoms with Gasteiger partial charge in [-0.15, -0.1) is 0 Å². The van der Waals surface area contributed by atoms with Crippen molar-refractivity contribution in [2.24, 2.45) is 17.1 Å². The zero-order valence-corrected chi connectivity index (χ0v) is 13.8. The van der Waals surface area contributed by atoms with E-state index in [2.05, 4.69) is 5.16 Å². The number of fused-ring (bicyclic) bond motifs is 1. The van der Waals surface area contributed by atoms with Gasteiger partial charge in [-0.3, -0.25) is 4.79 Å². The number of hydrogen-bond acceptors (Lipinski definition) is 5. The Morgan fingerprint density at radius 3 is 2.91 bits per heavy atom. The Kier molecular flexibility index (Phi) is 3.57. The Morgan fingerprint density at radius 1 is 1.55 bits per heavy atom. The van der Waals surface area contributed by atoms with Crippen LogP contribution in [0.3, 0.4) is 0 Å². The lowest BCUT2D eigenvalue weighted by atomic mass is 9.46. The van der Waals surface area contributed by atoms with E-state index < -0.39 is 5.54 Å². The highest BCUT2D eigenvalue weighted by atomic mass is 16.5. The van der Waals surface area contributed by atoms with E-state index in [9.17, 15) is 4.79 Å². The summed E-state index contributed by atoms with van der Waals surface area (Å²) in [4.78, 5) is 14.7. The molecule has 1 aromatic rings. The zero-order chi connectivity index (χ0) is 16.1. The van der Waals surface area contributed by atoms with E-state index in [1.807, 2.05) is 26.8 Å². The van der Waals surface area contributed by atoms with E-state index in [0.717, 1.165) is 30.9 Å². The molecule has 1 aliphatic heterocycles. The highest BCUT2D eigenvalue weighted by Crippen LogP contribution is 2.57. The van der Waals surface area contributed by atoms with Gasteiger partial charge in [-0.2, -0.15) is 0 Å². The number of carbonyl (C=O) groups excluding carboxylic acids is 1. The molecular formula is C16H25N3O3. The second-order valence-electron chi connectivity index (χ2n) is 7.22. The number of ether oxygens (including phenoxy) is 1. The molecule has 1 saturated heterocycles. The molecule has 2 aliphatic rings. The average molecular weight is 307 g/mol. The number of rotatable bonds is 3. The molecule has 2 fully saturated rings. The molecule has 1 amide bonds. The molecule has 2 N–H and O–H groups in total. The zero-order valence-electron chi connectivity index (χ0n) is 13.8. The van der Waals surface area contributed by atoms with Gasteiger partial charge in [0.05, 0.1) is 12.6 Å². The smallest absolute Gasteiger partial charge is 0.243 e. The van der Waals surface area contributed by atoms with Gasteiger partial charge in [-0.25, -0.2) is 0 Å². The van der Waals surface area contributed by atoms with Gasteiger partial charge in [0.1, 0.15) is 17.0 Å². The lowest BCUT2D eigenvalue weighted by Gasteiger charge is -2.65. The third-order valence-corrected chi connectivity index (χ3v) is 5.46. The SMILES string of the molecule is Cc1cc(CN(C)C(=O)C2(N)C3CCCOC3C2(C)C)no1. The second kappa shape index (κ2) is 5.06. The minimum atomic E-state index is -0.869. The molecule has 0 aromatic carbocycles. The van der Waals surface area contributed by atoms with Crippen LogP contribution in [-0.4, -0.2) is 41.3 Å². The lowest BCUT2D eigenvalue weighted by molar-refractivity contribution is -0.229. The molecule has 1 aromatic heterocycles. The predicted molar refractivity (Wildman–Crippen MR) is 80.9 cm³/mol. The van der Waals surface area contributed by atoms with Crippen LogP contribution in [0, 0.1) is 18.3 Å². The number of likely N-dealkylation sites (N-methyl/N-ethyl adjacent to an activating group) is 1. The van der Waals surface area contributed by atoms with Crippen molar-refractivity contribution in [2.75, 3.05) is 13.7 Å². The summed E-state index contributed by atoms with van der Waals surface area (Å²) in [5.41, 5.74) is 6.14. The van der Waals surface area contributed by atoms with Gasteiger partial charge in [0.25, 0.3) is 0 Å². The van der Waals surface area contributed by atoms with Crippen LogP contribution in [0.15, 0.2) is 10.6 Å². The molecular weight excluding hydrogens is 282 g/mol. The Hall–Kier alpha value is -1.40. The standard InChI is InChI=1S/C16H25N3O3/c1-10-8-11(18-22-10)9-19(4)14(20)16(17)12-6-5-7-21-13(12)15(16,2)3/h8,12-13H,5-7,9,17H2,1-4H3. The Labute approximate surface area is 131 Å². The first-order valence-corrected chi connectivity index (χ1v) is 7.86. The van der Waals surface area contributed by atoms with Gasteiger partial charge in [-0.05, 0) is 19.8 Å². The van der Waals surface area contributed by atoms with E-state index >= 15 is 0 Å². The van der Waals surface area contributed by atoms with E-state index in [-0.39, 0.29) is 23.3 Å². The molecule has 3 rings (SSSR count). The van der Waals surface area contributed by atoms with Gasteiger partial charge in [0.2, 0.25) is 5.91 Å². The molecule has 1 saturated carbocycles. The predicted octanol–water partition coefficient (Wildman–Crippen LogP) is 1.47. The number of aromatic nitrogens is 1. The van der Waals surface area contributed by atoms with E-state index in [0.29, 0.717) is 6.54 Å². The number of nitrogens with two attached hydrogens (primary N) is 1. The Bertz CT molecular complexity index is 583. The first-order chi connectivity index (χ1) is 10.3. The number of aryl methyl sites for hydroxylation is 1.